The summed E-state index contributed by atoms with van der Waals surface area (Å²) in [5, 5.41) is 2.79. The van der Waals surface area contributed by atoms with Crippen molar-refractivity contribution in [2.75, 3.05) is 0 Å². The summed E-state index contributed by atoms with van der Waals surface area (Å²) >= 11 is 0. The Morgan fingerprint density at radius 2 is 2.13 bits per heavy atom. The average Bonchev–Trinajstić information content (AvgIpc) is 2.86. The summed E-state index contributed by atoms with van der Waals surface area (Å²) in [6.07, 6.45) is 10.3. The molecular weight excluding hydrogens is 182 g/mol. The maximum absolute atomic E-state index is 2.45. The molecule has 0 saturated heterocycles. The molecule has 4 rings (SSSR count). The topological polar surface area (TPSA) is 3.24 Å². The number of nitrogens with zero attached hydrogens (tertiary/aromatic N) is 1. The van der Waals surface area contributed by atoms with Gasteiger partial charge in [-0.15, -0.1) is 0 Å². The zero-order chi connectivity index (χ0) is 9.83. The zero-order valence-corrected chi connectivity index (χ0v) is 8.35. The molecule has 1 aromatic carbocycles. The molecule has 0 aromatic heterocycles. The third-order valence-corrected chi connectivity index (χ3v) is 3.46. The Morgan fingerprint density at radius 3 is 3.13 bits per heavy atom. The third-order valence-electron chi connectivity index (χ3n) is 3.46. The second-order valence-electron chi connectivity index (χ2n) is 4.25. The highest BCUT2D eigenvalue weighted by molar-refractivity contribution is 5.65. The number of hydrogen-bond donors (Lipinski definition) is 0. The molecule has 0 saturated carbocycles. The number of fused-ring (bicyclic) bond motifs is 1. The number of rotatable bonds is 0. The molecule has 0 radical (unpaired) electrons. The number of benzene rings is 1. The Hall–Kier alpha value is -1.76. The van der Waals surface area contributed by atoms with E-state index in [1.165, 1.54) is 21.8 Å². The van der Waals surface area contributed by atoms with E-state index in [1.807, 2.05) is 0 Å². The molecule has 3 aliphatic rings. The van der Waals surface area contributed by atoms with Crippen molar-refractivity contribution in [1.29, 1.82) is 0 Å². The minimum absolute atomic E-state index is 0.462. The van der Waals surface area contributed by atoms with Crippen molar-refractivity contribution in [2.24, 2.45) is 0 Å². The molecule has 1 atom stereocenters. The second kappa shape index (κ2) is 2.43. The fourth-order valence-electron chi connectivity index (χ4n) is 2.80. The summed E-state index contributed by atoms with van der Waals surface area (Å²) in [7, 11) is 0. The van der Waals surface area contributed by atoms with Gasteiger partial charge in [0.2, 0.25) is 0 Å². The quantitative estimate of drug-likeness (QED) is 0.596. The van der Waals surface area contributed by atoms with E-state index in [0.29, 0.717) is 6.04 Å². The fraction of sp³-hybridized carbons (Fsp3) is 0.143. The normalized spacial score (nSPS) is 24.8. The van der Waals surface area contributed by atoms with Crippen LogP contribution in [-0.4, -0.2) is 10.9 Å². The maximum atomic E-state index is 2.45. The van der Waals surface area contributed by atoms with Crippen molar-refractivity contribution >= 4 is 11.8 Å². The lowest BCUT2D eigenvalue weighted by Gasteiger charge is -2.27. The molecule has 72 valence electrons. The van der Waals surface area contributed by atoms with Gasteiger partial charge in [-0.05, 0) is 17.4 Å². The van der Waals surface area contributed by atoms with E-state index in [-0.39, 0.29) is 0 Å². The van der Waals surface area contributed by atoms with Crippen LogP contribution in [0.1, 0.15) is 6.42 Å². The molecule has 1 unspecified atom stereocenters. The van der Waals surface area contributed by atoms with Gasteiger partial charge < -0.3 is 4.90 Å². The molecule has 1 nitrogen and oxygen atoms in total. The first-order chi connectivity index (χ1) is 7.43. The van der Waals surface area contributed by atoms with Gasteiger partial charge in [0.1, 0.15) is 0 Å². The summed E-state index contributed by atoms with van der Waals surface area (Å²) in [6, 6.07) is 9.15. The van der Waals surface area contributed by atoms with Crippen LogP contribution < -0.4 is 10.4 Å². The van der Waals surface area contributed by atoms with Crippen LogP contribution in [0.4, 0.5) is 0 Å². The minimum atomic E-state index is 0.462. The van der Waals surface area contributed by atoms with Crippen molar-refractivity contribution in [3.63, 3.8) is 0 Å². The van der Waals surface area contributed by atoms with E-state index >= 15 is 0 Å². The van der Waals surface area contributed by atoms with Gasteiger partial charge in [-0.25, -0.2) is 0 Å². The van der Waals surface area contributed by atoms with Gasteiger partial charge >= 0.3 is 0 Å². The molecule has 0 bridgehead atoms. The Bertz CT molecular complexity index is 619. The summed E-state index contributed by atoms with van der Waals surface area (Å²) in [5.74, 6) is 0. The van der Waals surface area contributed by atoms with Crippen LogP contribution in [-0.2, 0) is 0 Å². The first-order valence-corrected chi connectivity index (χ1v) is 5.41. The van der Waals surface area contributed by atoms with Crippen LogP contribution in [0.15, 0.2) is 48.2 Å². The van der Waals surface area contributed by atoms with Gasteiger partial charge in [0.25, 0.3) is 0 Å². The Balaban J connectivity index is 2.16. The van der Waals surface area contributed by atoms with Crippen molar-refractivity contribution in [1.82, 2.24) is 4.90 Å². The molecule has 1 aromatic rings. The largest absolute Gasteiger partial charge is 0.334 e. The van der Waals surface area contributed by atoms with E-state index in [4.69, 9.17) is 0 Å². The van der Waals surface area contributed by atoms with Gasteiger partial charge in [-0.3, -0.25) is 0 Å². The molecule has 15 heavy (non-hydrogen) atoms. The van der Waals surface area contributed by atoms with E-state index in [9.17, 15) is 0 Å². The predicted molar refractivity (Wildman–Crippen MR) is 61.0 cm³/mol. The molecule has 3 aliphatic heterocycles. The molecule has 0 aliphatic carbocycles. The van der Waals surface area contributed by atoms with Gasteiger partial charge in [-0.2, -0.15) is 0 Å². The Labute approximate surface area is 88.3 Å². The van der Waals surface area contributed by atoms with E-state index in [1.54, 1.807) is 0 Å². The van der Waals surface area contributed by atoms with Crippen molar-refractivity contribution < 1.29 is 0 Å². The highest BCUT2D eigenvalue weighted by Crippen LogP contribution is 2.35. The van der Waals surface area contributed by atoms with Gasteiger partial charge in [0.15, 0.2) is 0 Å². The number of allylic oxidation sites excluding steroid dienone is 1. The summed E-state index contributed by atoms with van der Waals surface area (Å²) in [6.45, 7) is 0. The lowest BCUT2D eigenvalue weighted by molar-refractivity contribution is 0.522. The van der Waals surface area contributed by atoms with Crippen molar-refractivity contribution in [3.8, 4) is 0 Å². The van der Waals surface area contributed by atoms with Gasteiger partial charge in [-0.1, -0.05) is 36.4 Å². The first kappa shape index (κ1) is 7.52. The highest BCUT2D eigenvalue weighted by atomic mass is 15.2. The molecule has 0 fully saturated rings. The SMILES string of the molecule is C1=CC2C=c3ccccc3=C3CC=C1N32. The zero-order valence-electron chi connectivity index (χ0n) is 8.35. The molecule has 0 spiro atoms. The van der Waals surface area contributed by atoms with Crippen molar-refractivity contribution in [2.45, 2.75) is 12.5 Å². The third kappa shape index (κ3) is 0.834. The van der Waals surface area contributed by atoms with Crippen LogP contribution in [0, 0.1) is 0 Å². The van der Waals surface area contributed by atoms with Crippen LogP contribution in [0.2, 0.25) is 0 Å². The average molecular weight is 193 g/mol. The second-order valence-corrected chi connectivity index (χ2v) is 4.25. The molecule has 1 heteroatoms. The van der Waals surface area contributed by atoms with E-state index < -0.39 is 0 Å². The summed E-state index contributed by atoms with van der Waals surface area (Å²) < 4.78 is 0. The smallest absolute Gasteiger partial charge is 0.0716 e. The van der Waals surface area contributed by atoms with Crippen LogP contribution in [0.5, 0.6) is 0 Å². The fourth-order valence-corrected chi connectivity index (χ4v) is 2.80. The molecule has 0 amide bonds. The standard InChI is InChI=1S/C14H11N/c1-2-4-13-10(3-1)9-12-6-5-11-7-8-14(13)15(11)12/h1-7,9,12H,8H2. The first-order valence-electron chi connectivity index (χ1n) is 5.41. The molecule has 3 heterocycles. The van der Waals surface area contributed by atoms with Gasteiger partial charge in [0, 0.05) is 23.0 Å². The maximum Gasteiger partial charge on any atom is 0.0716 e. The van der Waals surface area contributed by atoms with Crippen LogP contribution in [0.3, 0.4) is 0 Å². The predicted octanol–water partition coefficient (Wildman–Crippen LogP) is 1.12. The van der Waals surface area contributed by atoms with Crippen LogP contribution in [0.25, 0.3) is 11.8 Å². The van der Waals surface area contributed by atoms with Crippen molar-refractivity contribution in [3.05, 3.63) is 58.6 Å². The van der Waals surface area contributed by atoms with Crippen LogP contribution >= 0.6 is 0 Å². The summed E-state index contributed by atoms with van der Waals surface area (Å²) in [5.41, 5.74) is 2.85. The lowest BCUT2D eigenvalue weighted by atomic mass is 10.1. The monoisotopic (exact) mass is 193 g/mol. The Morgan fingerprint density at radius 1 is 1.20 bits per heavy atom. The minimum Gasteiger partial charge on any atom is -0.334 e. The number of hydrogen-bond acceptors (Lipinski definition) is 1. The molecule has 0 N–H and O–H groups in total. The lowest BCUT2D eigenvalue weighted by Crippen LogP contribution is -2.40. The van der Waals surface area contributed by atoms with Gasteiger partial charge in [0.05, 0.1) is 6.04 Å². The Kier molecular flexibility index (Phi) is 1.22. The summed E-state index contributed by atoms with van der Waals surface area (Å²) in [4.78, 5) is 2.45. The molecular formula is C14H11N. The van der Waals surface area contributed by atoms with E-state index in [0.717, 1.165) is 6.42 Å². The highest BCUT2D eigenvalue weighted by Gasteiger charge is 2.30. The van der Waals surface area contributed by atoms with E-state index in [2.05, 4.69) is 53.5 Å².